The van der Waals surface area contributed by atoms with Gasteiger partial charge in [0.25, 0.3) is 5.91 Å². The first kappa shape index (κ1) is 19.7. The number of amides is 1. The fourth-order valence-corrected chi connectivity index (χ4v) is 3.73. The van der Waals surface area contributed by atoms with Crippen LogP contribution in [-0.4, -0.2) is 33.4 Å². The Morgan fingerprint density at radius 3 is 2.81 bits per heavy atom. The Kier molecular flexibility index (Phi) is 4.40. The van der Waals surface area contributed by atoms with E-state index < -0.39 is 40.7 Å². The summed E-state index contributed by atoms with van der Waals surface area (Å²) < 4.78 is 34.2. The molecule has 0 saturated carbocycles. The number of benzene rings is 1. The van der Waals surface area contributed by atoms with E-state index in [4.69, 9.17) is 4.42 Å². The molecule has 9 nitrogen and oxygen atoms in total. The molecule has 0 spiro atoms. The molecular weight excluding hydrogens is 424 g/mol. The van der Waals surface area contributed by atoms with E-state index in [9.17, 15) is 23.5 Å². The lowest BCUT2D eigenvalue weighted by Gasteiger charge is -2.25. The van der Waals surface area contributed by atoms with Gasteiger partial charge >= 0.3 is 0 Å². The molecule has 1 aromatic carbocycles. The number of ketones is 1. The fourth-order valence-electron chi connectivity index (χ4n) is 3.73. The Bertz CT molecular complexity index is 1320. The summed E-state index contributed by atoms with van der Waals surface area (Å²) in [4.78, 5) is 35.5. The van der Waals surface area contributed by atoms with Crippen LogP contribution in [-0.2, 0) is 4.79 Å². The standard InChI is InChI=1S/C21H15F2N5O4/c1-9-2-5-14(32-9)17(29)15-16(11-6-10(22)3-4-12(11)23)28(20(31)18(15)30)21-24-7-13-19(27-21)26-8-25-13/h2-7,16,25,30H,8H2,1H3,(H,24,26,27). The zero-order valence-electron chi connectivity index (χ0n) is 16.5. The molecule has 11 heteroatoms. The molecule has 0 saturated heterocycles. The molecule has 2 aromatic heterocycles. The maximum atomic E-state index is 14.8. The fraction of sp³-hybridized carbons (Fsp3) is 0.143. The van der Waals surface area contributed by atoms with E-state index in [1.807, 2.05) is 0 Å². The van der Waals surface area contributed by atoms with Crippen LogP contribution in [0.25, 0.3) is 0 Å². The van der Waals surface area contributed by atoms with E-state index in [1.54, 1.807) is 6.92 Å². The Hall–Kier alpha value is -4.28. The smallest absolute Gasteiger partial charge is 0.296 e. The maximum absolute atomic E-state index is 14.8. The number of aryl methyl sites for hydroxylation is 1. The van der Waals surface area contributed by atoms with Crippen LogP contribution in [0.1, 0.15) is 27.9 Å². The number of furan rings is 1. The summed E-state index contributed by atoms with van der Waals surface area (Å²) in [6.45, 7) is 1.99. The predicted molar refractivity (Wildman–Crippen MR) is 108 cm³/mol. The second-order valence-corrected chi connectivity index (χ2v) is 7.21. The number of nitrogens with one attached hydrogen (secondary N) is 2. The summed E-state index contributed by atoms with van der Waals surface area (Å²) in [7, 11) is 0. The molecule has 0 radical (unpaired) electrons. The van der Waals surface area contributed by atoms with Crippen LogP contribution < -0.4 is 15.5 Å². The van der Waals surface area contributed by atoms with E-state index in [-0.39, 0.29) is 17.3 Å². The molecule has 3 aromatic rings. The van der Waals surface area contributed by atoms with Gasteiger partial charge in [0.1, 0.15) is 23.4 Å². The molecule has 4 heterocycles. The van der Waals surface area contributed by atoms with E-state index in [0.717, 1.165) is 23.1 Å². The van der Waals surface area contributed by atoms with E-state index in [2.05, 4.69) is 20.6 Å². The van der Waals surface area contributed by atoms with Crippen molar-refractivity contribution in [3.63, 3.8) is 0 Å². The van der Waals surface area contributed by atoms with Crippen LogP contribution >= 0.6 is 0 Å². The van der Waals surface area contributed by atoms with Crippen LogP contribution in [0.15, 0.2) is 52.3 Å². The molecule has 0 bridgehead atoms. The van der Waals surface area contributed by atoms with Crippen molar-refractivity contribution in [2.24, 2.45) is 0 Å². The van der Waals surface area contributed by atoms with Crippen LogP contribution in [0, 0.1) is 18.6 Å². The summed E-state index contributed by atoms with van der Waals surface area (Å²) >= 11 is 0. The van der Waals surface area contributed by atoms with Crippen molar-refractivity contribution >= 4 is 29.1 Å². The zero-order valence-corrected chi connectivity index (χ0v) is 16.5. The molecule has 2 aliphatic heterocycles. The Balaban J connectivity index is 1.69. The quantitative estimate of drug-likeness (QED) is 0.530. The number of carbonyl (C=O) groups excluding carboxylic acids is 2. The zero-order chi connectivity index (χ0) is 22.6. The minimum Gasteiger partial charge on any atom is -0.503 e. The first-order chi connectivity index (χ1) is 15.3. The molecular formula is C21H15F2N5O4. The van der Waals surface area contributed by atoms with Gasteiger partial charge in [0, 0.05) is 5.56 Å². The highest BCUT2D eigenvalue weighted by atomic mass is 19.1. The van der Waals surface area contributed by atoms with Gasteiger partial charge in [-0.05, 0) is 37.3 Å². The number of hydrogen-bond donors (Lipinski definition) is 3. The van der Waals surface area contributed by atoms with Crippen LogP contribution in [0.3, 0.4) is 0 Å². The largest absolute Gasteiger partial charge is 0.503 e. The third-order valence-corrected chi connectivity index (χ3v) is 5.20. The summed E-state index contributed by atoms with van der Waals surface area (Å²) in [6, 6.07) is 4.00. The third-order valence-electron chi connectivity index (χ3n) is 5.20. The van der Waals surface area contributed by atoms with Crippen molar-refractivity contribution in [2.75, 3.05) is 22.2 Å². The lowest BCUT2D eigenvalue weighted by molar-refractivity contribution is -0.117. The highest BCUT2D eigenvalue weighted by Crippen LogP contribution is 2.42. The van der Waals surface area contributed by atoms with Crippen LogP contribution in [0.4, 0.5) is 26.2 Å². The number of halogens is 2. The highest BCUT2D eigenvalue weighted by Gasteiger charge is 2.47. The number of anilines is 3. The molecule has 0 aliphatic carbocycles. The molecule has 1 amide bonds. The number of aliphatic hydroxyl groups is 1. The number of aliphatic hydroxyl groups excluding tert-OH is 1. The number of hydrogen-bond acceptors (Lipinski definition) is 8. The van der Waals surface area contributed by atoms with E-state index in [1.165, 1.54) is 18.3 Å². The summed E-state index contributed by atoms with van der Waals surface area (Å²) in [5.74, 6) is -4.05. The number of nitrogens with zero attached hydrogens (tertiary/aromatic N) is 3. The Labute approximate surface area is 179 Å². The molecule has 1 atom stereocenters. The van der Waals surface area contributed by atoms with Crippen molar-refractivity contribution in [1.82, 2.24) is 9.97 Å². The third kappa shape index (κ3) is 2.97. The molecule has 2 aliphatic rings. The Morgan fingerprint density at radius 2 is 2.06 bits per heavy atom. The number of rotatable bonds is 4. The lowest BCUT2D eigenvalue weighted by Crippen LogP contribution is -2.33. The average Bonchev–Trinajstić information content (AvgIpc) is 3.48. The van der Waals surface area contributed by atoms with Gasteiger partial charge in [0.05, 0.1) is 24.1 Å². The monoisotopic (exact) mass is 439 g/mol. The maximum Gasteiger partial charge on any atom is 0.296 e. The van der Waals surface area contributed by atoms with Gasteiger partial charge < -0.3 is 20.2 Å². The van der Waals surface area contributed by atoms with Crippen molar-refractivity contribution < 1.29 is 27.9 Å². The van der Waals surface area contributed by atoms with E-state index in [0.29, 0.717) is 23.9 Å². The van der Waals surface area contributed by atoms with Crippen molar-refractivity contribution in [3.05, 3.63) is 76.6 Å². The summed E-state index contributed by atoms with van der Waals surface area (Å²) in [6.07, 6.45) is 1.40. The predicted octanol–water partition coefficient (Wildman–Crippen LogP) is 3.23. The van der Waals surface area contributed by atoms with Crippen molar-refractivity contribution in [2.45, 2.75) is 13.0 Å². The minimum atomic E-state index is -1.52. The molecule has 1 unspecified atom stereocenters. The van der Waals surface area contributed by atoms with E-state index >= 15 is 0 Å². The Morgan fingerprint density at radius 1 is 1.25 bits per heavy atom. The number of aromatic nitrogens is 2. The molecule has 3 N–H and O–H groups in total. The van der Waals surface area contributed by atoms with Gasteiger partial charge in [-0.1, -0.05) is 0 Å². The molecule has 32 heavy (non-hydrogen) atoms. The van der Waals surface area contributed by atoms with Crippen molar-refractivity contribution in [1.29, 1.82) is 0 Å². The lowest BCUT2D eigenvalue weighted by atomic mass is 9.94. The van der Waals surface area contributed by atoms with Crippen LogP contribution in [0.5, 0.6) is 0 Å². The van der Waals surface area contributed by atoms with Crippen molar-refractivity contribution in [3.8, 4) is 0 Å². The van der Waals surface area contributed by atoms with Crippen LogP contribution in [0.2, 0.25) is 0 Å². The van der Waals surface area contributed by atoms with Gasteiger partial charge in [-0.25, -0.2) is 13.8 Å². The molecule has 0 fully saturated rings. The first-order valence-corrected chi connectivity index (χ1v) is 9.52. The minimum absolute atomic E-state index is 0.166. The van der Waals surface area contributed by atoms with Gasteiger partial charge in [0.2, 0.25) is 11.7 Å². The molecule has 5 rings (SSSR count). The first-order valence-electron chi connectivity index (χ1n) is 9.52. The van der Waals surface area contributed by atoms with Gasteiger partial charge in [-0.3, -0.25) is 14.5 Å². The second kappa shape index (κ2) is 7.15. The SMILES string of the molecule is Cc1ccc(C(=O)C2=C(O)C(=O)N(c3ncc4c(n3)NCN4)C2c2cc(F)ccc2F)o1. The topological polar surface area (TPSA) is 121 Å². The average molecular weight is 439 g/mol. The second-order valence-electron chi connectivity index (χ2n) is 7.21. The summed E-state index contributed by atoms with van der Waals surface area (Å²) in [5, 5.41) is 16.5. The van der Waals surface area contributed by atoms with Gasteiger partial charge in [0.15, 0.2) is 17.3 Å². The summed E-state index contributed by atoms with van der Waals surface area (Å²) in [5.41, 5.74) is -0.235. The van der Waals surface area contributed by atoms with Gasteiger partial charge in [-0.2, -0.15) is 4.98 Å². The number of Topliss-reactive ketones (excluding diaryl/α,β-unsaturated/α-hetero) is 1. The van der Waals surface area contributed by atoms with Gasteiger partial charge in [-0.15, -0.1) is 0 Å². The number of fused-ring (bicyclic) bond motifs is 1. The number of carbonyl (C=O) groups is 2. The molecule has 162 valence electrons. The normalized spacial score (nSPS) is 17.4. The highest BCUT2D eigenvalue weighted by molar-refractivity contribution is 6.19.